The van der Waals surface area contributed by atoms with E-state index >= 15 is 0 Å². The van der Waals surface area contributed by atoms with Gasteiger partial charge in [-0.1, -0.05) is 6.07 Å². The number of hydrogen-bond donors (Lipinski definition) is 2. The first-order valence-corrected chi connectivity index (χ1v) is 7.93. The molecule has 0 aliphatic rings. The second kappa shape index (κ2) is 6.32. The fraction of sp³-hybridized carbons (Fsp3) is 0.111. The maximum Gasteiger partial charge on any atom is 0.257 e. The lowest BCUT2D eigenvalue weighted by Gasteiger charge is -2.06. The van der Waals surface area contributed by atoms with Gasteiger partial charge in [-0.05, 0) is 24.3 Å². The average Bonchev–Trinajstić information content (AvgIpc) is 3.09. The molecule has 0 aliphatic heterocycles. The molecule has 26 heavy (non-hydrogen) atoms. The Balaban J connectivity index is 1.60. The first kappa shape index (κ1) is 15.8. The van der Waals surface area contributed by atoms with E-state index in [0.717, 1.165) is 0 Å². The normalized spacial score (nSPS) is 11.0. The summed E-state index contributed by atoms with van der Waals surface area (Å²) in [7, 11) is 1.55. The van der Waals surface area contributed by atoms with Crippen LogP contribution in [0.25, 0.3) is 16.6 Å². The van der Waals surface area contributed by atoms with Crippen molar-refractivity contribution in [2.75, 3.05) is 7.11 Å². The number of nitrogens with one attached hydrogen (secondary N) is 2. The summed E-state index contributed by atoms with van der Waals surface area (Å²) in [6.45, 7) is 0.157. The van der Waals surface area contributed by atoms with Crippen molar-refractivity contribution in [2.24, 2.45) is 0 Å². The Morgan fingerprint density at radius 1 is 1.27 bits per heavy atom. The Kier molecular flexibility index (Phi) is 3.85. The first-order chi connectivity index (χ1) is 12.7. The lowest BCUT2D eigenvalue weighted by Crippen LogP contribution is -2.29. The van der Waals surface area contributed by atoms with E-state index in [1.807, 2.05) is 24.4 Å². The molecule has 0 saturated carbocycles. The number of rotatable bonds is 4. The summed E-state index contributed by atoms with van der Waals surface area (Å²) in [5, 5.41) is 11.2. The van der Waals surface area contributed by atoms with Gasteiger partial charge >= 0.3 is 0 Å². The smallest absolute Gasteiger partial charge is 0.257 e. The predicted octanol–water partition coefficient (Wildman–Crippen LogP) is 1.51. The molecule has 0 unspecified atom stereocenters. The van der Waals surface area contributed by atoms with Crippen LogP contribution in [0.2, 0.25) is 0 Å². The number of amides is 1. The third-order valence-electron chi connectivity index (χ3n) is 4.12. The zero-order valence-corrected chi connectivity index (χ0v) is 13.9. The Morgan fingerprint density at radius 3 is 3.00 bits per heavy atom. The monoisotopic (exact) mass is 349 g/mol. The number of benzene rings is 1. The van der Waals surface area contributed by atoms with Crippen LogP contribution in [0.1, 0.15) is 16.2 Å². The Morgan fingerprint density at radius 2 is 2.15 bits per heavy atom. The molecule has 0 aliphatic carbocycles. The zero-order chi connectivity index (χ0) is 18.1. The fourth-order valence-corrected chi connectivity index (χ4v) is 2.76. The summed E-state index contributed by atoms with van der Waals surface area (Å²) in [5.74, 6) is 0.733. The van der Waals surface area contributed by atoms with Crippen molar-refractivity contribution in [3.05, 3.63) is 70.4 Å². The maximum atomic E-state index is 12.6. The Bertz CT molecular complexity index is 1180. The number of hydrogen-bond acceptors (Lipinski definition) is 5. The summed E-state index contributed by atoms with van der Waals surface area (Å²) in [6, 6.07) is 10.6. The average molecular weight is 349 g/mol. The van der Waals surface area contributed by atoms with Gasteiger partial charge in [0, 0.05) is 23.8 Å². The molecule has 8 nitrogen and oxygen atoms in total. The molecule has 130 valence electrons. The summed E-state index contributed by atoms with van der Waals surface area (Å²) in [6.07, 6.45) is 3.22. The van der Waals surface area contributed by atoms with E-state index in [1.54, 1.807) is 29.7 Å². The van der Waals surface area contributed by atoms with Crippen molar-refractivity contribution in [3.8, 4) is 5.75 Å². The van der Waals surface area contributed by atoms with Crippen molar-refractivity contribution in [3.63, 3.8) is 0 Å². The minimum absolute atomic E-state index is 0.0384. The summed E-state index contributed by atoms with van der Waals surface area (Å²) >= 11 is 0. The molecule has 4 aromatic rings. The number of methoxy groups -OCH3 is 1. The second-order valence-corrected chi connectivity index (χ2v) is 5.67. The van der Waals surface area contributed by atoms with Crippen LogP contribution in [0.5, 0.6) is 5.75 Å². The molecule has 3 heterocycles. The quantitative estimate of drug-likeness (QED) is 0.581. The molecular formula is C18H15N5O3. The van der Waals surface area contributed by atoms with E-state index in [0.29, 0.717) is 28.1 Å². The number of aromatic amines is 1. The van der Waals surface area contributed by atoms with Crippen LogP contribution in [0.3, 0.4) is 0 Å². The molecule has 0 fully saturated rings. The van der Waals surface area contributed by atoms with Crippen molar-refractivity contribution >= 4 is 22.5 Å². The van der Waals surface area contributed by atoms with Crippen molar-refractivity contribution in [1.29, 1.82) is 0 Å². The van der Waals surface area contributed by atoms with Gasteiger partial charge in [0.25, 0.3) is 5.91 Å². The molecule has 0 atom stereocenters. The number of H-pyrrole nitrogens is 1. The molecular weight excluding hydrogens is 334 g/mol. The molecule has 3 aromatic heterocycles. The zero-order valence-electron chi connectivity index (χ0n) is 13.9. The number of ether oxygens (including phenoxy) is 1. The number of aromatic nitrogens is 4. The second-order valence-electron chi connectivity index (χ2n) is 5.67. The highest BCUT2D eigenvalue weighted by molar-refractivity contribution is 5.97. The van der Waals surface area contributed by atoms with Crippen LogP contribution in [0, 0.1) is 0 Å². The van der Waals surface area contributed by atoms with E-state index < -0.39 is 5.91 Å². The molecule has 8 heteroatoms. The molecule has 0 radical (unpaired) electrons. The predicted molar refractivity (Wildman–Crippen MR) is 95.3 cm³/mol. The lowest BCUT2D eigenvalue weighted by atomic mass is 10.1. The Labute approximate surface area is 147 Å². The SMILES string of the molecule is COc1ccc2c(=O)c(C(=O)NCc3nnc4ccccn34)c[nH]c2c1. The highest BCUT2D eigenvalue weighted by Crippen LogP contribution is 2.16. The van der Waals surface area contributed by atoms with Crippen molar-refractivity contribution in [2.45, 2.75) is 6.54 Å². The van der Waals surface area contributed by atoms with Crippen LogP contribution in [0.15, 0.2) is 53.6 Å². The van der Waals surface area contributed by atoms with Gasteiger partial charge < -0.3 is 15.0 Å². The van der Waals surface area contributed by atoms with E-state index in [9.17, 15) is 9.59 Å². The standard InChI is InChI=1S/C18H15N5O3/c1-26-11-5-6-12-14(8-11)19-9-13(17(12)24)18(25)20-10-16-22-21-15-4-2-3-7-23(15)16/h2-9H,10H2,1H3,(H,19,24)(H,20,25). The highest BCUT2D eigenvalue weighted by Gasteiger charge is 2.14. The van der Waals surface area contributed by atoms with Gasteiger partial charge in [0.1, 0.15) is 11.3 Å². The van der Waals surface area contributed by atoms with Gasteiger partial charge in [0.15, 0.2) is 11.5 Å². The summed E-state index contributed by atoms with van der Waals surface area (Å²) in [5.41, 5.74) is 0.991. The van der Waals surface area contributed by atoms with Gasteiger partial charge in [-0.3, -0.25) is 14.0 Å². The fourth-order valence-electron chi connectivity index (χ4n) is 2.76. The summed E-state index contributed by atoms with van der Waals surface area (Å²) < 4.78 is 6.91. The van der Waals surface area contributed by atoms with E-state index in [1.165, 1.54) is 6.20 Å². The van der Waals surface area contributed by atoms with Gasteiger partial charge in [0.2, 0.25) is 5.43 Å². The number of pyridine rings is 2. The van der Waals surface area contributed by atoms with Crippen LogP contribution < -0.4 is 15.5 Å². The molecule has 1 amide bonds. The largest absolute Gasteiger partial charge is 0.497 e. The van der Waals surface area contributed by atoms with Crippen molar-refractivity contribution < 1.29 is 9.53 Å². The van der Waals surface area contributed by atoms with Crippen LogP contribution in [0.4, 0.5) is 0 Å². The third-order valence-corrected chi connectivity index (χ3v) is 4.12. The molecule has 4 rings (SSSR count). The number of nitrogens with zero attached hydrogens (tertiary/aromatic N) is 3. The van der Waals surface area contributed by atoms with Gasteiger partial charge in [-0.25, -0.2) is 0 Å². The van der Waals surface area contributed by atoms with E-state index in [-0.39, 0.29) is 17.5 Å². The molecule has 0 bridgehead atoms. The maximum absolute atomic E-state index is 12.6. The third kappa shape index (κ3) is 2.67. The number of carbonyl (C=O) groups is 1. The van der Waals surface area contributed by atoms with Gasteiger partial charge in [-0.2, -0.15) is 0 Å². The lowest BCUT2D eigenvalue weighted by molar-refractivity contribution is 0.0948. The van der Waals surface area contributed by atoms with Crippen LogP contribution in [-0.2, 0) is 6.54 Å². The molecule has 1 aromatic carbocycles. The minimum atomic E-state index is -0.475. The number of carbonyl (C=O) groups excluding carboxylic acids is 1. The first-order valence-electron chi connectivity index (χ1n) is 7.93. The van der Waals surface area contributed by atoms with E-state index in [2.05, 4.69) is 20.5 Å². The van der Waals surface area contributed by atoms with E-state index in [4.69, 9.17) is 4.74 Å². The van der Waals surface area contributed by atoms with Crippen molar-refractivity contribution in [1.82, 2.24) is 24.9 Å². The van der Waals surface area contributed by atoms with Gasteiger partial charge in [0.05, 0.1) is 19.2 Å². The van der Waals surface area contributed by atoms with Crippen LogP contribution >= 0.6 is 0 Å². The Hall–Kier alpha value is -3.68. The summed E-state index contributed by atoms with van der Waals surface area (Å²) in [4.78, 5) is 28.0. The van der Waals surface area contributed by atoms with Gasteiger partial charge in [-0.15, -0.1) is 10.2 Å². The minimum Gasteiger partial charge on any atom is -0.497 e. The number of fused-ring (bicyclic) bond motifs is 2. The highest BCUT2D eigenvalue weighted by atomic mass is 16.5. The molecule has 0 spiro atoms. The molecule has 0 saturated heterocycles. The van der Waals surface area contributed by atoms with Crippen LogP contribution in [-0.4, -0.2) is 32.6 Å². The molecule has 2 N–H and O–H groups in total. The topological polar surface area (TPSA) is 101 Å².